The summed E-state index contributed by atoms with van der Waals surface area (Å²) in [7, 11) is 0. The molecule has 2 aliphatic heterocycles. The molecule has 1 aromatic rings. The van der Waals surface area contributed by atoms with Gasteiger partial charge in [-0.3, -0.25) is 24.1 Å². The first-order valence-corrected chi connectivity index (χ1v) is 16.5. The van der Waals surface area contributed by atoms with Gasteiger partial charge >= 0.3 is 0 Å². The van der Waals surface area contributed by atoms with E-state index in [1.807, 2.05) is 39.8 Å². The number of carbonyl (C=O) groups excluding carboxylic acids is 4. The molecular formula is C35H55N5O7. The Morgan fingerprint density at radius 3 is 2.40 bits per heavy atom. The highest BCUT2D eigenvalue weighted by molar-refractivity contribution is 5.96. The third kappa shape index (κ3) is 16.2. The largest absolute Gasteiger partial charge is 0.379 e. The molecule has 0 unspecified atom stereocenters. The summed E-state index contributed by atoms with van der Waals surface area (Å²) in [6.45, 7) is 19.6. The van der Waals surface area contributed by atoms with Crippen LogP contribution in [0.2, 0.25) is 0 Å². The predicted octanol–water partition coefficient (Wildman–Crippen LogP) is 3.74. The van der Waals surface area contributed by atoms with E-state index in [2.05, 4.69) is 45.6 Å². The standard InChI is InChI=1S/C15H23N3O3.C12H20N2O4.C8H12/c1-11(8-12-2-3-12)16-15(19)14-9-13(21-17-14)10-18-4-6-20-7-5-18;1-8(2)4-9(11(17)12(3)6-18-12)14-10(16)5-13-7-15;1-4-6-7-8(3)5-2/h9,11-12H,2-8,10H2,1H3,(H,16,19);7-9H,4-6H2,1-3H3,(H,13,15)(H,14,16);4-7H,1H2,2-3H3/b;;7-6-,8-5-/t11-;9-,12+;/m10./s1. The summed E-state index contributed by atoms with van der Waals surface area (Å²) >= 11 is 0. The fourth-order valence-electron chi connectivity index (χ4n) is 4.70. The van der Waals surface area contributed by atoms with Crippen LogP contribution in [-0.4, -0.2) is 91.2 Å². The van der Waals surface area contributed by atoms with E-state index >= 15 is 0 Å². The van der Waals surface area contributed by atoms with Gasteiger partial charge < -0.3 is 29.9 Å². The second-order valence-corrected chi connectivity index (χ2v) is 12.9. The van der Waals surface area contributed by atoms with Gasteiger partial charge in [0.2, 0.25) is 12.3 Å². The van der Waals surface area contributed by atoms with Gasteiger partial charge in [-0.25, -0.2) is 0 Å². The molecule has 12 heteroatoms. The number of morpholine rings is 1. The number of carbonyl (C=O) groups is 4. The summed E-state index contributed by atoms with van der Waals surface area (Å²) in [4.78, 5) is 48.1. The van der Waals surface area contributed by atoms with Crippen LogP contribution in [-0.2, 0) is 30.4 Å². The van der Waals surface area contributed by atoms with E-state index in [0.717, 1.165) is 44.4 Å². The third-order valence-corrected chi connectivity index (χ3v) is 7.79. The first kappa shape index (κ1) is 39.6. The zero-order chi connectivity index (χ0) is 34.8. The molecule has 262 valence electrons. The van der Waals surface area contributed by atoms with E-state index in [1.54, 1.807) is 19.1 Å². The number of nitrogens with one attached hydrogen (secondary N) is 3. The molecule has 3 aliphatic rings. The molecule has 0 spiro atoms. The van der Waals surface area contributed by atoms with Gasteiger partial charge in [0, 0.05) is 25.2 Å². The van der Waals surface area contributed by atoms with Crippen LogP contribution in [0, 0.1) is 11.8 Å². The summed E-state index contributed by atoms with van der Waals surface area (Å²) in [5.74, 6) is 1.20. The number of Topliss-reactive ketones (excluding diaryl/α,β-unsaturated/α-hetero) is 1. The third-order valence-electron chi connectivity index (χ3n) is 7.79. The number of amides is 3. The van der Waals surface area contributed by atoms with Gasteiger partial charge in [0.1, 0.15) is 5.60 Å². The number of aromatic nitrogens is 1. The molecule has 1 aliphatic carbocycles. The molecule has 4 rings (SSSR count). The first-order valence-electron chi connectivity index (χ1n) is 16.5. The Balaban J connectivity index is 0.000000270. The summed E-state index contributed by atoms with van der Waals surface area (Å²) in [5, 5.41) is 11.8. The summed E-state index contributed by atoms with van der Waals surface area (Å²) in [6, 6.07) is 1.39. The molecule has 3 fully saturated rings. The molecule has 0 aromatic carbocycles. The number of allylic oxidation sites excluding steroid dienone is 5. The zero-order valence-electron chi connectivity index (χ0n) is 29.0. The van der Waals surface area contributed by atoms with Gasteiger partial charge in [0.05, 0.1) is 39.0 Å². The van der Waals surface area contributed by atoms with Gasteiger partial charge in [-0.05, 0) is 52.4 Å². The van der Waals surface area contributed by atoms with E-state index in [1.165, 1.54) is 18.4 Å². The lowest BCUT2D eigenvalue weighted by Gasteiger charge is -2.25. The average molecular weight is 658 g/mol. The van der Waals surface area contributed by atoms with Crippen molar-refractivity contribution in [2.24, 2.45) is 11.8 Å². The van der Waals surface area contributed by atoms with E-state index in [9.17, 15) is 19.2 Å². The predicted molar refractivity (Wildman–Crippen MR) is 180 cm³/mol. The minimum Gasteiger partial charge on any atom is -0.379 e. The number of ether oxygens (including phenoxy) is 2. The van der Waals surface area contributed by atoms with Crippen LogP contribution < -0.4 is 16.0 Å². The Morgan fingerprint density at radius 2 is 1.85 bits per heavy atom. The Kier molecular flexibility index (Phi) is 17.3. The molecule has 47 heavy (non-hydrogen) atoms. The van der Waals surface area contributed by atoms with E-state index in [0.29, 0.717) is 31.7 Å². The van der Waals surface area contributed by atoms with Crippen LogP contribution in [0.3, 0.4) is 0 Å². The van der Waals surface area contributed by atoms with Crippen molar-refractivity contribution in [1.29, 1.82) is 0 Å². The maximum atomic E-state index is 12.1. The fourth-order valence-corrected chi connectivity index (χ4v) is 4.70. The number of hydrogen-bond donors (Lipinski definition) is 3. The fraction of sp³-hybridized carbons (Fsp3) is 0.629. The van der Waals surface area contributed by atoms with Gasteiger partial charge in [-0.1, -0.05) is 68.3 Å². The average Bonchev–Trinajstić information content (AvgIpc) is 3.97. The normalized spacial score (nSPS) is 20.5. The monoisotopic (exact) mass is 657 g/mol. The molecule has 1 aromatic heterocycles. The highest BCUT2D eigenvalue weighted by Crippen LogP contribution is 2.33. The summed E-state index contributed by atoms with van der Waals surface area (Å²) in [6.07, 6.45) is 12.4. The van der Waals surface area contributed by atoms with Crippen molar-refractivity contribution in [2.75, 3.05) is 39.5 Å². The maximum Gasteiger partial charge on any atom is 0.273 e. The second-order valence-electron chi connectivity index (χ2n) is 12.9. The summed E-state index contributed by atoms with van der Waals surface area (Å²) < 4.78 is 15.7. The van der Waals surface area contributed by atoms with E-state index < -0.39 is 11.6 Å². The van der Waals surface area contributed by atoms with Crippen molar-refractivity contribution >= 4 is 24.0 Å². The SMILES string of the molecule is C=C/C=C\C(C)=C/C.CC(C)C[C@H](NC(=O)CNC=O)C(=O)[C@@]1(C)CO1.C[C@H](CC1CC1)NC(=O)c1cc(CN2CCOCC2)on1. The molecule has 0 bridgehead atoms. The number of ketones is 1. The minimum atomic E-state index is -0.745. The number of epoxide rings is 1. The highest BCUT2D eigenvalue weighted by Gasteiger charge is 2.50. The van der Waals surface area contributed by atoms with Crippen molar-refractivity contribution in [1.82, 2.24) is 26.0 Å². The van der Waals surface area contributed by atoms with Crippen LogP contribution in [0.15, 0.2) is 47.0 Å². The maximum absolute atomic E-state index is 12.1. The zero-order valence-corrected chi connectivity index (χ0v) is 29.0. The van der Waals surface area contributed by atoms with E-state index in [-0.39, 0.29) is 36.1 Å². The van der Waals surface area contributed by atoms with E-state index in [4.69, 9.17) is 14.0 Å². The van der Waals surface area contributed by atoms with Gasteiger partial charge in [0.25, 0.3) is 5.91 Å². The quantitative estimate of drug-likeness (QED) is 0.137. The van der Waals surface area contributed by atoms with Crippen molar-refractivity contribution in [3.8, 4) is 0 Å². The van der Waals surface area contributed by atoms with Crippen molar-refractivity contribution < 1.29 is 33.2 Å². The molecule has 2 saturated heterocycles. The summed E-state index contributed by atoms with van der Waals surface area (Å²) in [5.41, 5.74) is 0.899. The number of nitrogens with zero attached hydrogens (tertiary/aromatic N) is 2. The lowest BCUT2D eigenvalue weighted by Crippen LogP contribution is -2.48. The number of hydrogen-bond acceptors (Lipinski definition) is 9. The molecule has 3 N–H and O–H groups in total. The molecule has 0 radical (unpaired) electrons. The lowest BCUT2D eigenvalue weighted by molar-refractivity contribution is -0.130. The molecule has 3 amide bonds. The van der Waals surface area contributed by atoms with Crippen LogP contribution in [0.1, 0.15) is 83.5 Å². The van der Waals surface area contributed by atoms with Crippen molar-refractivity contribution in [3.63, 3.8) is 0 Å². The van der Waals surface area contributed by atoms with Crippen LogP contribution >= 0.6 is 0 Å². The van der Waals surface area contributed by atoms with Crippen LogP contribution in [0.4, 0.5) is 0 Å². The van der Waals surface area contributed by atoms with Crippen molar-refractivity contribution in [3.05, 3.63) is 54.0 Å². The van der Waals surface area contributed by atoms with Crippen LogP contribution in [0.25, 0.3) is 0 Å². The van der Waals surface area contributed by atoms with Crippen molar-refractivity contribution in [2.45, 2.75) is 91.5 Å². The first-order chi connectivity index (χ1) is 22.4. The molecular weight excluding hydrogens is 602 g/mol. The van der Waals surface area contributed by atoms with Gasteiger partial charge in [0.15, 0.2) is 17.2 Å². The Labute approximate surface area is 279 Å². The smallest absolute Gasteiger partial charge is 0.273 e. The highest BCUT2D eigenvalue weighted by atomic mass is 16.6. The Bertz CT molecular complexity index is 1210. The minimum absolute atomic E-state index is 0.101. The molecule has 12 nitrogen and oxygen atoms in total. The lowest BCUT2D eigenvalue weighted by atomic mass is 9.93. The van der Waals surface area contributed by atoms with Crippen LogP contribution in [0.5, 0.6) is 0 Å². The number of rotatable bonds is 16. The second kappa shape index (κ2) is 20.6. The van der Waals surface area contributed by atoms with Gasteiger partial charge in [-0.15, -0.1) is 0 Å². The topological polar surface area (TPSA) is 155 Å². The molecule has 3 heterocycles. The molecule has 3 atom stereocenters. The Hall–Kier alpha value is -3.61. The van der Waals surface area contributed by atoms with Gasteiger partial charge in [-0.2, -0.15) is 0 Å². The Morgan fingerprint density at radius 1 is 1.17 bits per heavy atom. The molecule has 1 saturated carbocycles.